The average molecular weight is 196 g/mol. The van der Waals surface area contributed by atoms with Crippen LogP contribution in [-0.2, 0) is 0 Å². The lowest BCUT2D eigenvalue weighted by molar-refractivity contribution is 0.152. The Morgan fingerprint density at radius 1 is 1.64 bits per heavy atom. The molecule has 0 aromatic rings. The van der Waals surface area contributed by atoms with Gasteiger partial charge in [0.2, 0.25) is 0 Å². The quantitative estimate of drug-likeness (QED) is 0.538. The van der Waals surface area contributed by atoms with Crippen LogP contribution in [0.15, 0.2) is 29.3 Å². The van der Waals surface area contributed by atoms with Crippen LogP contribution >= 0.6 is 0 Å². The number of amides is 1. The summed E-state index contributed by atoms with van der Waals surface area (Å²) >= 11 is 0. The molecule has 0 spiro atoms. The van der Waals surface area contributed by atoms with Gasteiger partial charge in [0.15, 0.2) is 0 Å². The number of allylic oxidation sites excluding steroid dienone is 1. The van der Waals surface area contributed by atoms with Crippen molar-refractivity contribution in [2.24, 2.45) is 4.99 Å². The first-order valence-corrected chi connectivity index (χ1v) is 4.37. The van der Waals surface area contributed by atoms with E-state index >= 15 is 0 Å². The molecule has 0 fully saturated rings. The lowest BCUT2D eigenvalue weighted by Crippen LogP contribution is -2.30. The van der Waals surface area contributed by atoms with E-state index in [0.717, 1.165) is 5.57 Å². The second-order valence-corrected chi connectivity index (χ2v) is 2.65. The number of carboxylic acid groups (broad SMARTS) is 1. The van der Waals surface area contributed by atoms with Crippen molar-refractivity contribution >= 4 is 12.3 Å². The highest BCUT2D eigenvalue weighted by Crippen LogP contribution is 2.00. The Labute approximate surface area is 84.3 Å². The van der Waals surface area contributed by atoms with Crippen LogP contribution in [0.4, 0.5) is 4.79 Å². The molecule has 0 heterocycles. The van der Waals surface area contributed by atoms with Gasteiger partial charge < -0.3 is 10.0 Å². The summed E-state index contributed by atoms with van der Waals surface area (Å²) in [6.07, 6.45) is 4.08. The Morgan fingerprint density at radius 3 is 2.64 bits per heavy atom. The molecule has 0 saturated heterocycles. The van der Waals surface area contributed by atoms with Gasteiger partial charge in [0.25, 0.3) is 0 Å². The molecule has 1 amide bonds. The maximum absolute atomic E-state index is 10.7. The summed E-state index contributed by atoms with van der Waals surface area (Å²) in [6, 6.07) is 0. The summed E-state index contributed by atoms with van der Waals surface area (Å²) in [5, 5.41) is 8.77. The van der Waals surface area contributed by atoms with Crippen LogP contribution in [0.5, 0.6) is 0 Å². The molecule has 0 aliphatic rings. The van der Waals surface area contributed by atoms with E-state index in [-0.39, 0.29) is 0 Å². The van der Waals surface area contributed by atoms with Gasteiger partial charge in [-0.2, -0.15) is 0 Å². The number of aliphatic imine (C=N–C) groups is 1. The maximum atomic E-state index is 10.7. The van der Waals surface area contributed by atoms with Crippen LogP contribution < -0.4 is 0 Å². The van der Waals surface area contributed by atoms with Crippen molar-refractivity contribution in [2.45, 2.75) is 6.92 Å². The van der Waals surface area contributed by atoms with Crippen LogP contribution in [-0.4, -0.2) is 42.5 Å². The van der Waals surface area contributed by atoms with E-state index in [0.29, 0.717) is 13.1 Å². The second kappa shape index (κ2) is 6.88. The van der Waals surface area contributed by atoms with Crippen LogP contribution in [0, 0.1) is 0 Å². The first kappa shape index (κ1) is 12.4. The fraction of sp³-hybridized carbons (Fsp3) is 0.400. The molecule has 4 nitrogen and oxygen atoms in total. The van der Waals surface area contributed by atoms with Gasteiger partial charge >= 0.3 is 6.09 Å². The number of rotatable bonds is 5. The van der Waals surface area contributed by atoms with Crippen LogP contribution in [0.25, 0.3) is 0 Å². The van der Waals surface area contributed by atoms with Gasteiger partial charge in [-0.3, -0.25) is 4.99 Å². The molecule has 0 saturated carbocycles. The zero-order valence-corrected chi connectivity index (χ0v) is 8.60. The summed E-state index contributed by atoms with van der Waals surface area (Å²) in [5.41, 5.74) is 0.833. The Kier molecular flexibility index (Phi) is 6.11. The zero-order valence-electron chi connectivity index (χ0n) is 8.60. The number of hydrogen-bond donors (Lipinski definition) is 1. The molecule has 0 aromatic heterocycles. The molecule has 0 bridgehead atoms. The Hall–Kier alpha value is -1.58. The normalized spacial score (nSPS) is 11.7. The molecule has 0 aromatic carbocycles. The van der Waals surface area contributed by atoms with Crippen LogP contribution in [0.3, 0.4) is 0 Å². The number of carbonyl (C=O) groups is 1. The third-order valence-corrected chi connectivity index (χ3v) is 1.73. The average Bonchev–Trinajstić information content (AvgIpc) is 2.18. The molecule has 1 N–H and O–H groups in total. The van der Waals surface area contributed by atoms with E-state index in [1.54, 1.807) is 32.3 Å². The second-order valence-electron chi connectivity index (χ2n) is 2.65. The van der Waals surface area contributed by atoms with Crippen molar-refractivity contribution in [2.75, 3.05) is 20.1 Å². The molecule has 0 radical (unpaired) electrons. The zero-order chi connectivity index (χ0) is 11.0. The predicted octanol–water partition coefficient (Wildman–Crippen LogP) is 1.80. The molecule has 0 aliphatic carbocycles. The standard InChI is InChI=1S/C10H16N2O2/c1-4-9(6-7-11-3)8-12(5-2)10(13)14/h4,6-7H,1,5,8H2,2-3H3,(H,13,14)/b9-6+,11-7?. The largest absolute Gasteiger partial charge is 0.465 e. The Morgan fingerprint density at radius 2 is 2.29 bits per heavy atom. The molecule has 0 aliphatic heterocycles. The summed E-state index contributed by atoms with van der Waals surface area (Å²) in [6.45, 7) is 6.22. The highest BCUT2D eigenvalue weighted by Gasteiger charge is 2.08. The van der Waals surface area contributed by atoms with E-state index in [1.165, 1.54) is 4.90 Å². The fourth-order valence-electron chi connectivity index (χ4n) is 0.891. The number of nitrogens with zero attached hydrogens (tertiary/aromatic N) is 2. The van der Waals surface area contributed by atoms with E-state index in [1.807, 2.05) is 0 Å². The summed E-state index contributed by atoms with van der Waals surface area (Å²) < 4.78 is 0. The van der Waals surface area contributed by atoms with E-state index < -0.39 is 6.09 Å². The highest BCUT2D eigenvalue weighted by atomic mass is 16.4. The molecule has 14 heavy (non-hydrogen) atoms. The summed E-state index contributed by atoms with van der Waals surface area (Å²) in [5.74, 6) is 0. The molecule has 0 unspecified atom stereocenters. The predicted molar refractivity (Wildman–Crippen MR) is 58.0 cm³/mol. The summed E-state index contributed by atoms with van der Waals surface area (Å²) in [7, 11) is 1.66. The first-order chi connectivity index (χ1) is 6.65. The van der Waals surface area contributed by atoms with Gasteiger partial charge in [-0.25, -0.2) is 4.79 Å². The lowest BCUT2D eigenvalue weighted by atomic mass is 10.2. The first-order valence-electron chi connectivity index (χ1n) is 4.37. The van der Waals surface area contributed by atoms with Crippen molar-refractivity contribution in [3.8, 4) is 0 Å². The minimum atomic E-state index is -0.923. The third kappa shape index (κ3) is 4.45. The summed E-state index contributed by atoms with van der Waals surface area (Å²) in [4.78, 5) is 15.8. The molecule has 4 heteroatoms. The van der Waals surface area contributed by atoms with Gasteiger partial charge in [0, 0.05) is 26.4 Å². The minimum absolute atomic E-state index is 0.349. The van der Waals surface area contributed by atoms with Gasteiger partial charge in [-0.1, -0.05) is 12.7 Å². The SMILES string of the molecule is C=C/C(=C\C=NC)CN(CC)C(=O)O. The molecule has 0 rings (SSSR count). The van der Waals surface area contributed by atoms with Crippen molar-refractivity contribution < 1.29 is 9.90 Å². The van der Waals surface area contributed by atoms with Gasteiger partial charge in [-0.05, 0) is 18.6 Å². The smallest absolute Gasteiger partial charge is 0.407 e. The highest BCUT2D eigenvalue weighted by molar-refractivity contribution is 5.73. The van der Waals surface area contributed by atoms with Gasteiger partial charge in [0.1, 0.15) is 0 Å². The van der Waals surface area contributed by atoms with Crippen LogP contribution in [0.1, 0.15) is 6.92 Å². The van der Waals surface area contributed by atoms with Crippen molar-refractivity contribution in [3.05, 3.63) is 24.3 Å². The van der Waals surface area contributed by atoms with Crippen molar-refractivity contribution in [1.82, 2.24) is 4.90 Å². The lowest BCUT2D eigenvalue weighted by Gasteiger charge is -2.16. The molecule has 78 valence electrons. The minimum Gasteiger partial charge on any atom is -0.465 e. The maximum Gasteiger partial charge on any atom is 0.407 e. The monoisotopic (exact) mass is 196 g/mol. The van der Waals surface area contributed by atoms with Gasteiger partial charge in [-0.15, -0.1) is 0 Å². The van der Waals surface area contributed by atoms with Crippen molar-refractivity contribution in [1.29, 1.82) is 0 Å². The van der Waals surface area contributed by atoms with Crippen molar-refractivity contribution in [3.63, 3.8) is 0 Å². The van der Waals surface area contributed by atoms with E-state index in [4.69, 9.17) is 5.11 Å². The van der Waals surface area contributed by atoms with Crippen LogP contribution in [0.2, 0.25) is 0 Å². The molecular formula is C10H16N2O2. The fourth-order valence-corrected chi connectivity index (χ4v) is 0.891. The van der Waals surface area contributed by atoms with Gasteiger partial charge in [0.05, 0.1) is 0 Å². The topological polar surface area (TPSA) is 52.9 Å². The Balaban J connectivity index is 4.43. The number of likely N-dealkylation sites (N-methyl/N-ethyl adjacent to an activating group) is 1. The molecular weight excluding hydrogens is 180 g/mol. The van der Waals surface area contributed by atoms with E-state index in [9.17, 15) is 4.79 Å². The third-order valence-electron chi connectivity index (χ3n) is 1.73. The Bertz CT molecular complexity index is 257. The van der Waals surface area contributed by atoms with E-state index in [2.05, 4.69) is 11.6 Å². The number of hydrogen-bond acceptors (Lipinski definition) is 2. The molecule has 0 atom stereocenters.